The van der Waals surface area contributed by atoms with Crippen molar-refractivity contribution >= 4 is 17.6 Å². The third-order valence-electron chi connectivity index (χ3n) is 5.58. The van der Waals surface area contributed by atoms with E-state index in [9.17, 15) is 9.59 Å². The topological polar surface area (TPSA) is 116 Å². The Morgan fingerprint density at radius 2 is 2.00 bits per heavy atom. The Morgan fingerprint density at radius 1 is 1.18 bits per heavy atom. The number of hydrogen-bond acceptors (Lipinski definition) is 7. The second-order valence-electron chi connectivity index (χ2n) is 8.04. The number of methoxy groups -OCH3 is 1. The molecule has 1 atom stereocenters. The molecular weight excluding hydrogens is 438 g/mol. The predicted molar refractivity (Wildman–Crippen MR) is 123 cm³/mol. The van der Waals surface area contributed by atoms with Crippen LogP contribution in [0.4, 0.5) is 5.82 Å². The summed E-state index contributed by atoms with van der Waals surface area (Å²) >= 11 is 0. The van der Waals surface area contributed by atoms with E-state index >= 15 is 0 Å². The molecule has 1 aliphatic heterocycles. The van der Waals surface area contributed by atoms with Crippen molar-refractivity contribution in [1.82, 2.24) is 29.9 Å². The minimum absolute atomic E-state index is 0.0316. The van der Waals surface area contributed by atoms with E-state index in [4.69, 9.17) is 9.47 Å². The molecule has 2 amide bonds. The average molecular weight is 468 g/mol. The van der Waals surface area contributed by atoms with Gasteiger partial charge in [0.1, 0.15) is 18.2 Å². The lowest BCUT2D eigenvalue weighted by Gasteiger charge is -2.19. The molecule has 0 radical (unpaired) electrons. The van der Waals surface area contributed by atoms with Gasteiger partial charge in [-0.15, -0.1) is 5.10 Å². The van der Waals surface area contributed by atoms with E-state index in [1.165, 1.54) is 11.2 Å². The van der Waals surface area contributed by atoms with Crippen molar-refractivity contribution in [3.05, 3.63) is 59.8 Å². The molecule has 0 aliphatic carbocycles. The van der Waals surface area contributed by atoms with Crippen molar-refractivity contribution in [2.45, 2.75) is 32.0 Å². The molecule has 0 spiro atoms. The minimum Gasteiger partial charge on any atom is -0.382 e. The van der Waals surface area contributed by atoms with Crippen LogP contribution in [0.3, 0.4) is 0 Å². The number of rotatable bonds is 10. The molecule has 11 heteroatoms. The van der Waals surface area contributed by atoms with Crippen molar-refractivity contribution in [3.63, 3.8) is 0 Å². The van der Waals surface area contributed by atoms with Gasteiger partial charge in [0.25, 0.3) is 11.8 Å². The number of aromatic nitrogens is 5. The van der Waals surface area contributed by atoms with Gasteiger partial charge in [-0.05, 0) is 12.0 Å². The molecule has 34 heavy (non-hydrogen) atoms. The number of anilines is 1. The van der Waals surface area contributed by atoms with Crippen LogP contribution in [0.25, 0.3) is 0 Å². The largest absolute Gasteiger partial charge is 0.382 e. The van der Waals surface area contributed by atoms with Crippen LogP contribution in [0.15, 0.2) is 42.7 Å². The Hall–Kier alpha value is -3.57. The van der Waals surface area contributed by atoms with Crippen molar-refractivity contribution in [1.29, 1.82) is 0 Å². The van der Waals surface area contributed by atoms with E-state index in [1.807, 2.05) is 36.4 Å². The van der Waals surface area contributed by atoms with E-state index in [0.717, 1.165) is 11.3 Å². The number of amides is 2. The zero-order valence-corrected chi connectivity index (χ0v) is 19.4. The summed E-state index contributed by atoms with van der Waals surface area (Å²) in [5, 5.41) is 11.6. The van der Waals surface area contributed by atoms with Gasteiger partial charge >= 0.3 is 0 Å². The second-order valence-corrected chi connectivity index (χ2v) is 8.04. The average Bonchev–Trinajstić information content (AvgIpc) is 3.46. The number of hydrogen-bond donors (Lipinski definition) is 1. The molecule has 0 saturated heterocycles. The highest BCUT2D eigenvalue weighted by Crippen LogP contribution is 2.21. The van der Waals surface area contributed by atoms with Crippen LogP contribution >= 0.6 is 0 Å². The Labute approximate surface area is 197 Å². The maximum atomic E-state index is 13.0. The number of benzene rings is 1. The first-order valence-corrected chi connectivity index (χ1v) is 11.2. The number of likely N-dealkylation sites (N-methyl/N-ethyl adjacent to an activating group) is 1. The lowest BCUT2D eigenvalue weighted by atomic mass is 10.2. The number of fused-ring (bicyclic) bond motifs is 1. The third kappa shape index (κ3) is 5.67. The quantitative estimate of drug-likeness (QED) is 0.440. The summed E-state index contributed by atoms with van der Waals surface area (Å²) in [4.78, 5) is 31.4. The Bertz CT molecular complexity index is 1110. The van der Waals surface area contributed by atoms with E-state index < -0.39 is 11.9 Å². The maximum absolute atomic E-state index is 13.0. The molecule has 1 N–H and O–H groups in total. The van der Waals surface area contributed by atoms with E-state index in [2.05, 4.69) is 20.5 Å². The number of ether oxygens (including phenoxy) is 2. The first kappa shape index (κ1) is 23.6. The summed E-state index contributed by atoms with van der Waals surface area (Å²) in [6.45, 7) is 2.61. The van der Waals surface area contributed by atoms with Crippen LogP contribution in [0.1, 0.15) is 28.3 Å². The van der Waals surface area contributed by atoms with Gasteiger partial charge in [-0.2, -0.15) is 5.10 Å². The Balaban J connectivity index is 1.34. The van der Waals surface area contributed by atoms with E-state index in [1.54, 1.807) is 23.5 Å². The minimum atomic E-state index is -0.693. The van der Waals surface area contributed by atoms with Crippen LogP contribution in [-0.2, 0) is 33.8 Å². The van der Waals surface area contributed by atoms with Gasteiger partial charge in [-0.25, -0.2) is 14.3 Å². The van der Waals surface area contributed by atoms with Gasteiger partial charge in [-0.3, -0.25) is 14.5 Å². The molecule has 11 nitrogen and oxygen atoms in total. The first-order valence-electron chi connectivity index (χ1n) is 11.2. The Morgan fingerprint density at radius 3 is 2.79 bits per heavy atom. The van der Waals surface area contributed by atoms with E-state index in [-0.39, 0.29) is 11.7 Å². The summed E-state index contributed by atoms with van der Waals surface area (Å²) in [6.07, 6.45) is 2.57. The molecule has 0 bridgehead atoms. The van der Waals surface area contributed by atoms with Crippen molar-refractivity contribution in [2.24, 2.45) is 0 Å². The summed E-state index contributed by atoms with van der Waals surface area (Å²) in [5.74, 6) is 0.0358. The summed E-state index contributed by atoms with van der Waals surface area (Å²) < 4.78 is 13.9. The van der Waals surface area contributed by atoms with Crippen LogP contribution < -0.4 is 10.2 Å². The number of carbonyl (C=O) groups excluding carboxylic acids is 2. The zero-order chi connectivity index (χ0) is 23.9. The monoisotopic (exact) mass is 467 g/mol. The normalized spacial score (nSPS) is 15.8. The van der Waals surface area contributed by atoms with Gasteiger partial charge in [0.2, 0.25) is 5.82 Å². The molecule has 1 aromatic carbocycles. The fourth-order valence-electron chi connectivity index (χ4n) is 3.76. The molecule has 3 aromatic rings. The molecular formula is C23H29N7O4. The highest BCUT2D eigenvalue weighted by Gasteiger charge is 2.31. The fourth-order valence-corrected chi connectivity index (χ4v) is 3.76. The molecule has 3 heterocycles. The first-order chi connectivity index (χ1) is 16.5. The van der Waals surface area contributed by atoms with Crippen LogP contribution in [-0.4, -0.2) is 76.4 Å². The van der Waals surface area contributed by atoms with Gasteiger partial charge < -0.3 is 14.8 Å². The van der Waals surface area contributed by atoms with Crippen molar-refractivity contribution in [2.75, 3.05) is 38.9 Å². The molecule has 180 valence electrons. The Kier molecular flexibility index (Phi) is 7.65. The van der Waals surface area contributed by atoms with Crippen molar-refractivity contribution in [3.8, 4) is 0 Å². The summed E-state index contributed by atoms with van der Waals surface area (Å²) in [7, 11) is 3.32. The van der Waals surface area contributed by atoms with Gasteiger partial charge in [0, 0.05) is 33.2 Å². The third-order valence-corrected chi connectivity index (χ3v) is 5.58. The molecule has 0 saturated carbocycles. The van der Waals surface area contributed by atoms with Crippen molar-refractivity contribution < 1.29 is 19.1 Å². The summed E-state index contributed by atoms with van der Waals surface area (Å²) in [6, 6.07) is 11.0. The SMILES string of the molecule is COCCOCCc1cc2n(n1)CC[C@@H](NC(=O)c1ncn(Cc3ccccc3)n1)C(=O)N2C. The van der Waals surface area contributed by atoms with E-state index in [0.29, 0.717) is 51.6 Å². The second kappa shape index (κ2) is 11.0. The van der Waals surface area contributed by atoms with Gasteiger partial charge in [0.05, 0.1) is 32.1 Å². The van der Waals surface area contributed by atoms with Gasteiger partial charge in [0.15, 0.2) is 0 Å². The van der Waals surface area contributed by atoms with Gasteiger partial charge in [-0.1, -0.05) is 30.3 Å². The number of carbonyl (C=O) groups is 2. The molecule has 0 unspecified atom stereocenters. The lowest BCUT2D eigenvalue weighted by molar-refractivity contribution is -0.120. The lowest BCUT2D eigenvalue weighted by Crippen LogP contribution is -2.47. The fraction of sp³-hybridized carbons (Fsp3) is 0.435. The van der Waals surface area contributed by atoms with Crippen LogP contribution in [0.2, 0.25) is 0 Å². The standard InChI is InChI=1S/C23H29N7O4/c1-28-20-14-18(9-11-34-13-12-33-2)26-30(20)10-8-19(23(28)32)25-22(31)21-24-16-29(27-21)15-17-6-4-3-5-7-17/h3-7,14,16,19H,8-13,15H2,1-2H3,(H,25,31)/t19-/m1/s1. The molecule has 2 aromatic heterocycles. The number of nitrogens with one attached hydrogen (secondary N) is 1. The van der Waals surface area contributed by atoms with Crippen LogP contribution in [0, 0.1) is 0 Å². The predicted octanol–water partition coefficient (Wildman–Crippen LogP) is 0.894. The van der Waals surface area contributed by atoms with Crippen LogP contribution in [0.5, 0.6) is 0 Å². The number of aryl methyl sites for hydroxylation is 1. The smallest absolute Gasteiger partial charge is 0.291 e. The molecule has 0 fully saturated rings. The molecule has 1 aliphatic rings. The maximum Gasteiger partial charge on any atom is 0.291 e. The highest BCUT2D eigenvalue weighted by molar-refractivity contribution is 6.00. The summed E-state index contributed by atoms with van der Waals surface area (Å²) in [5.41, 5.74) is 1.90. The zero-order valence-electron chi connectivity index (χ0n) is 19.4. The molecule has 4 rings (SSSR count). The number of nitrogens with zero attached hydrogens (tertiary/aromatic N) is 6. The highest BCUT2D eigenvalue weighted by atomic mass is 16.5.